The van der Waals surface area contributed by atoms with Crippen LogP contribution in [-0.2, 0) is 6.42 Å². The quantitative estimate of drug-likeness (QED) is 0.763. The molecular formula is C17H16N2O2. The van der Waals surface area contributed by atoms with Crippen molar-refractivity contribution in [2.24, 2.45) is 0 Å². The number of anilines is 1. The predicted molar refractivity (Wildman–Crippen MR) is 83.4 cm³/mol. The van der Waals surface area contributed by atoms with Gasteiger partial charge in [0.05, 0.1) is 0 Å². The molecule has 0 unspecified atom stereocenters. The average Bonchev–Trinajstić information content (AvgIpc) is 2.91. The van der Waals surface area contributed by atoms with Gasteiger partial charge in [-0.15, -0.1) is 0 Å². The second kappa shape index (κ2) is 6.13. The van der Waals surface area contributed by atoms with Gasteiger partial charge in [0.15, 0.2) is 0 Å². The summed E-state index contributed by atoms with van der Waals surface area (Å²) in [5.74, 6) is 0.871. The molecular weight excluding hydrogens is 264 g/mol. The normalized spacial score (nSPS) is 10.5. The molecule has 0 bridgehead atoms. The highest BCUT2D eigenvalue weighted by Crippen LogP contribution is 2.18. The van der Waals surface area contributed by atoms with Gasteiger partial charge in [0.25, 0.3) is 0 Å². The number of fused-ring (bicyclic) bond motifs is 1. The van der Waals surface area contributed by atoms with E-state index in [0.29, 0.717) is 13.0 Å². The van der Waals surface area contributed by atoms with Gasteiger partial charge in [-0.1, -0.05) is 36.4 Å². The van der Waals surface area contributed by atoms with Gasteiger partial charge in [-0.25, -0.2) is 4.79 Å². The number of amides is 2. The summed E-state index contributed by atoms with van der Waals surface area (Å²) in [5, 5.41) is 6.67. The van der Waals surface area contributed by atoms with E-state index in [2.05, 4.69) is 10.6 Å². The number of carbonyl (C=O) groups is 1. The molecule has 0 aliphatic carbocycles. The van der Waals surface area contributed by atoms with E-state index >= 15 is 0 Å². The Labute approximate surface area is 122 Å². The van der Waals surface area contributed by atoms with Crippen LogP contribution in [0, 0.1) is 0 Å². The van der Waals surface area contributed by atoms with Crippen molar-refractivity contribution in [2.75, 3.05) is 11.9 Å². The molecule has 1 heterocycles. The number of urea groups is 1. The van der Waals surface area contributed by atoms with Gasteiger partial charge >= 0.3 is 6.03 Å². The largest absolute Gasteiger partial charge is 0.461 e. The van der Waals surface area contributed by atoms with Crippen LogP contribution >= 0.6 is 0 Å². The van der Waals surface area contributed by atoms with Crippen molar-refractivity contribution in [1.82, 2.24) is 5.32 Å². The molecule has 0 atom stereocenters. The Hall–Kier alpha value is -2.75. The molecule has 0 radical (unpaired) electrons. The van der Waals surface area contributed by atoms with E-state index in [-0.39, 0.29) is 6.03 Å². The Bertz CT molecular complexity index is 702. The summed E-state index contributed by atoms with van der Waals surface area (Å²) >= 11 is 0. The van der Waals surface area contributed by atoms with E-state index < -0.39 is 0 Å². The van der Waals surface area contributed by atoms with E-state index in [1.165, 1.54) is 0 Å². The summed E-state index contributed by atoms with van der Waals surface area (Å²) < 4.78 is 5.70. The van der Waals surface area contributed by atoms with E-state index in [4.69, 9.17) is 4.42 Å². The van der Waals surface area contributed by atoms with Gasteiger partial charge < -0.3 is 15.1 Å². The molecule has 4 heteroatoms. The number of benzene rings is 2. The van der Waals surface area contributed by atoms with Crippen molar-refractivity contribution in [2.45, 2.75) is 6.42 Å². The third-order valence-corrected chi connectivity index (χ3v) is 3.17. The fourth-order valence-corrected chi connectivity index (χ4v) is 2.16. The van der Waals surface area contributed by atoms with Crippen molar-refractivity contribution in [3.05, 3.63) is 66.4 Å². The van der Waals surface area contributed by atoms with Crippen molar-refractivity contribution in [3.8, 4) is 0 Å². The smallest absolute Gasteiger partial charge is 0.319 e. The molecule has 3 aromatic rings. The topological polar surface area (TPSA) is 54.3 Å². The number of rotatable bonds is 4. The number of furan rings is 1. The molecule has 0 spiro atoms. The first-order chi connectivity index (χ1) is 10.3. The van der Waals surface area contributed by atoms with E-state index in [1.54, 1.807) is 0 Å². The minimum Gasteiger partial charge on any atom is -0.461 e. The van der Waals surface area contributed by atoms with E-state index in [0.717, 1.165) is 22.4 Å². The molecule has 1 aromatic heterocycles. The van der Waals surface area contributed by atoms with Crippen LogP contribution in [0.15, 0.2) is 65.1 Å². The lowest BCUT2D eigenvalue weighted by Crippen LogP contribution is -2.30. The Morgan fingerprint density at radius 1 is 1.00 bits per heavy atom. The molecule has 106 valence electrons. The Morgan fingerprint density at radius 2 is 1.76 bits per heavy atom. The van der Waals surface area contributed by atoms with Crippen LogP contribution in [0.2, 0.25) is 0 Å². The van der Waals surface area contributed by atoms with Crippen molar-refractivity contribution in [3.63, 3.8) is 0 Å². The standard InChI is InChI=1S/C17H16N2O2/c20-17(19-14-7-2-1-3-8-14)18-11-10-15-12-13-6-4-5-9-16(13)21-15/h1-9,12H,10-11H2,(H2,18,19,20). The minimum atomic E-state index is -0.211. The lowest BCUT2D eigenvalue weighted by atomic mass is 10.2. The lowest BCUT2D eigenvalue weighted by molar-refractivity contribution is 0.252. The summed E-state index contributed by atoms with van der Waals surface area (Å²) in [4.78, 5) is 11.7. The molecule has 2 N–H and O–H groups in total. The van der Waals surface area contributed by atoms with E-state index in [9.17, 15) is 4.79 Å². The zero-order valence-electron chi connectivity index (χ0n) is 11.5. The van der Waals surface area contributed by atoms with Gasteiger partial charge in [-0.2, -0.15) is 0 Å². The molecule has 0 saturated carbocycles. The lowest BCUT2D eigenvalue weighted by Gasteiger charge is -2.06. The van der Waals surface area contributed by atoms with Crippen LogP contribution in [-0.4, -0.2) is 12.6 Å². The van der Waals surface area contributed by atoms with Gasteiger partial charge in [0.2, 0.25) is 0 Å². The first-order valence-corrected chi connectivity index (χ1v) is 6.88. The number of nitrogens with one attached hydrogen (secondary N) is 2. The van der Waals surface area contributed by atoms with Gasteiger partial charge in [0, 0.05) is 24.0 Å². The van der Waals surface area contributed by atoms with Gasteiger partial charge in [-0.3, -0.25) is 0 Å². The molecule has 0 fully saturated rings. The highest BCUT2D eigenvalue weighted by Gasteiger charge is 2.04. The van der Waals surface area contributed by atoms with Crippen molar-refractivity contribution >= 4 is 22.7 Å². The maximum absolute atomic E-state index is 11.7. The van der Waals surface area contributed by atoms with E-state index in [1.807, 2.05) is 60.7 Å². The molecule has 2 amide bonds. The number of carbonyl (C=O) groups excluding carboxylic acids is 1. The fourth-order valence-electron chi connectivity index (χ4n) is 2.16. The maximum atomic E-state index is 11.7. The van der Waals surface area contributed by atoms with Crippen molar-refractivity contribution in [1.29, 1.82) is 0 Å². The highest BCUT2D eigenvalue weighted by molar-refractivity contribution is 5.89. The first-order valence-electron chi connectivity index (χ1n) is 6.88. The zero-order chi connectivity index (χ0) is 14.5. The van der Waals surface area contributed by atoms with Crippen LogP contribution in [0.25, 0.3) is 11.0 Å². The molecule has 21 heavy (non-hydrogen) atoms. The van der Waals surface area contributed by atoms with Crippen LogP contribution in [0.4, 0.5) is 10.5 Å². The van der Waals surface area contributed by atoms with Gasteiger partial charge in [-0.05, 0) is 24.3 Å². The Kier molecular flexibility index (Phi) is 3.87. The molecule has 0 aliphatic heterocycles. The van der Waals surface area contributed by atoms with Crippen LogP contribution in [0.3, 0.4) is 0 Å². The summed E-state index contributed by atoms with van der Waals surface area (Å²) in [6, 6.07) is 19.0. The van der Waals surface area contributed by atoms with Gasteiger partial charge in [0.1, 0.15) is 11.3 Å². The van der Waals surface area contributed by atoms with Crippen LogP contribution in [0.1, 0.15) is 5.76 Å². The average molecular weight is 280 g/mol. The van der Waals surface area contributed by atoms with Crippen molar-refractivity contribution < 1.29 is 9.21 Å². The fraction of sp³-hybridized carbons (Fsp3) is 0.118. The number of hydrogen-bond donors (Lipinski definition) is 2. The third-order valence-electron chi connectivity index (χ3n) is 3.17. The monoisotopic (exact) mass is 280 g/mol. The summed E-state index contributed by atoms with van der Waals surface area (Å²) in [7, 11) is 0. The minimum absolute atomic E-state index is 0.211. The SMILES string of the molecule is O=C(NCCc1cc2ccccc2o1)Nc1ccccc1. The highest BCUT2D eigenvalue weighted by atomic mass is 16.3. The third kappa shape index (κ3) is 3.42. The Morgan fingerprint density at radius 3 is 2.57 bits per heavy atom. The maximum Gasteiger partial charge on any atom is 0.319 e. The molecule has 0 saturated heterocycles. The number of hydrogen-bond acceptors (Lipinski definition) is 2. The van der Waals surface area contributed by atoms with Crippen LogP contribution in [0.5, 0.6) is 0 Å². The number of para-hydroxylation sites is 2. The summed E-state index contributed by atoms with van der Waals surface area (Å²) in [5.41, 5.74) is 1.65. The second-order valence-corrected chi connectivity index (χ2v) is 4.75. The molecule has 4 nitrogen and oxygen atoms in total. The first kappa shape index (κ1) is 13.2. The molecule has 3 rings (SSSR count). The predicted octanol–water partition coefficient (Wildman–Crippen LogP) is 3.80. The second-order valence-electron chi connectivity index (χ2n) is 4.75. The summed E-state index contributed by atoms with van der Waals surface area (Å²) in [6.45, 7) is 0.526. The van der Waals surface area contributed by atoms with Crippen LogP contribution < -0.4 is 10.6 Å². The summed E-state index contributed by atoms with van der Waals surface area (Å²) in [6.07, 6.45) is 0.664. The Balaban J connectivity index is 1.50. The zero-order valence-corrected chi connectivity index (χ0v) is 11.5. The molecule has 0 aliphatic rings. The molecule has 2 aromatic carbocycles.